The van der Waals surface area contributed by atoms with E-state index in [1.165, 1.54) is 0 Å². The molecule has 2 unspecified atom stereocenters. The smallest absolute Gasteiger partial charge is 0.317 e. The van der Waals surface area contributed by atoms with E-state index in [9.17, 15) is 9.59 Å². The minimum absolute atomic E-state index is 0.00723. The number of hydrogen-bond donors (Lipinski definition) is 2. The third kappa shape index (κ3) is 3.74. The van der Waals surface area contributed by atoms with Gasteiger partial charge in [0.25, 0.3) is 0 Å². The van der Waals surface area contributed by atoms with Crippen LogP contribution in [0.1, 0.15) is 31.4 Å². The molecule has 2 N–H and O–H groups in total. The van der Waals surface area contributed by atoms with Gasteiger partial charge in [-0.3, -0.25) is 9.48 Å². The molecule has 0 bridgehead atoms. The molecule has 1 fully saturated rings. The Balaban J connectivity index is 1.92. The predicted octanol–water partition coefficient (Wildman–Crippen LogP) is 0.649. The number of likely N-dealkylation sites (tertiary alicyclic amines) is 1. The Kier molecular flexibility index (Phi) is 4.82. The molecule has 0 spiro atoms. The molecule has 21 heavy (non-hydrogen) atoms. The average Bonchev–Trinajstić information content (AvgIpc) is 2.93. The maximum atomic E-state index is 12.3. The fourth-order valence-electron chi connectivity index (χ4n) is 2.60. The van der Waals surface area contributed by atoms with E-state index >= 15 is 0 Å². The van der Waals surface area contributed by atoms with E-state index in [0.717, 1.165) is 18.4 Å². The van der Waals surface area contributed by atoms with Crippen LogP contribution in [0.2, 0.25) is 0 Å². The molecule has 7 nitrogen and oxygen atoms in total. The van der Waals surface area contributed by atoms with E-state index < -0.39 is 0 Å². The highest BCUT2D eigenvalue weighted by Crippen LogP contribution is 2.18. The van der Waals surface area contributed by atoms with Crippen molar-refractivity contribution >= 4 is 11.9 Å². The molecule has 2 rings (SSSR count). The van der Waals surface area contributed by atoms with Crippen molar-refractivity contribution in [2.75, 3.05) is 20.1 Å². The van der Waals surface area contributed by atoms with Crippen LogP contribution in [-0.2, 0) is 11.8 Å². The number of aromatic nitrogens is 2. The third-order valence-corrected chi connectivity index (χ3v) is 3.89. The van der Waals surface area contributed by atoms with Gasteiger partial charge in [-0.05, 0) is 19.8 Å². The molecule has 7 heteroatoms. The van der Waals surface area contributed by atoms with Crippen LogP contribution in [0.15, 0.2) is 12.4 Å². The highest BCUT2D eigenvalue weighted by molar-refractivity contribution is 5.80. The SMILES string of the molecule is CNC(=O)C1CCCN(C(=O)NC(C)c2cnn(C)c2)C1. The van der Waals surface area contributed by atoms with Crippen molar-refractivity contribution in [2.45, 2.75) is 25.8 Å². The summed E-state index contributed by atoms with van der Waals surface area (Å²) in [5.74, 6) is -0.101. The first-order valence-corrected chi connectivity index (χ1v) is 7.27. The maximum Gasteiger partial charge on any atom is 0.317 e. The molecule has 0 radical (unpaired) electrons. The van der Waals surface area contributed by atoms with Crippen LogP contribution in [0, 0.1) is 5.92 Å². The number of carbonyl (C=O) groups is 2. The van der Waals surface area contributed by atoms with E-state index in [4.69, 9.17) is 0 Å². The zero-order valence-electron chi connectivity index (χ0n) is 12.8. The number of amides is 3. The van der Waals surface area contributed by atoms with Crippen LogP contribution in [0.4, 0.5) is 4.79 Å². The molecule has 1 aliphatic heterocycles. The second-order valence-corrected chi connectivity index (χ2v) is 5.52. The summed E-state index contributed by atoms with van der Waals surface area (Å²) in [6.07, 6.45) is 5.32. The van der Waals surface area contributed by atoms with Gasteiger partial charge in [-0.1, -0.05) is 0 Å². The van der Waals surface area contributed by atoms with Gasteiger partial charge in [0.2, 0.25) is 5.91 Å². The summed E-state index contributed by atoms with van der Waals surface area (Å²) < 4.78 is 1.71. The van der Waals surface area contributed by atoms with Crippen LogP contribution in [-0.4, -0.2) is 46.8 Å². The lowest BCUT2D eigenvalue weighted by molar-refractivity contribution is -0.125. The number of urea groups is 1. The van der Waals surface area contributed by atoms with Crippen LogP contribution in [0.25, 0.3) is 0 Å². The van der Waals surface area contributed by atoms with Gasteiger partial charge < -0.3 is 15.5 Å². The summed E-state index contributed by atoms with van der Waals surface area (Å²) >= 11 is 0. The molecule has 1 aromatic heterocycles. The fourth-order valence-corrected chi connectivity index (χ4v) is 2.60. The minimum atomic E-state index is -0.125. The third-order valence-electron chi connectivity index (χ3n) is 3.89. The first kappa shape index (κ1) is 15.3. The van der Waals surface area contributed by atoms with Gasteiger partial charge in [0, 0.05) is 38.9 Å². The Bertz CT molecular complexity index is 513. The quantitative estimate of drug-likeness (QED) is 0.858. The van der Waals surface area contributed by atoms with Crippen molar-refractivity contribution in [1.29, 1.82) is 0 Å². The number of carbonyl (C=O) groups excluding carboxylic acids is 2. The number of nitrogens with one attached hydrogen (secondary N) is 2. The number of aryl methyl sites for hydroxylation is 1. The summed E-state index contributed by atoms with van der Waals surface area (Å²) in [5.41, 5.74) is 0.964. The van der Waals surface area contributed by atoms with Gasteiger partial charge >= 0.3 is 6.03 Å². The zero-order valence-corrected chi connectivity index (χ0v) is 12.8. The van der Waals surface area contributed by atoms with E-state index in [1.54, 1.807) is 22.8 Å². The molecule has 0 aliphatic carbocycles. The maximum absolute atomic E-state index is 12.3. The van der Waals surface area contributed by atoms with Gasteiger partial charge in [-0.2, -0.15) is 5.10 Å². The van der Waals surface area contributed by atoms with Gasteiger partial charge in [0.1, 0.15) is 0 Å². The Hall–Kier alpha value is -2.05. The summed E-state index contributed by atoms with van der Waals surface area (Å²) in [6.45, 7) is 3.10. The fraction of sp³-hybridized carbons (Fsp3) is 0.643. The predicted molar refractivity (Wildman–Crippen MR) is 78.5 cm³/mol. The highest BCUT2D eigenvalue weighted by atomic mass is 16.2. The standard InChI is InChI=1S/C14H23N5O2/c1-10(12-7-16-18(3)8-12)17-14(21)19-6-4-5-11(9-19)13(20)15-2/h7-8,10-11H,4-6,9H2,1-3H3,(H,15,20)(H,17,21). The van der Waals surface area contributed by atoms with Crippen molar-refractivity contribution < 1.29 is 9.59 Å². The molecule has 1 aromatic rings. The van der Waals surface area contributed by atoms with Gasteiger partial charge in [0.05, 0.1) is 18.2 Å². The number of hydrogen-bond acceptors (Lipinski definition) is 3. The largest absolute Gasteiger partial charge is 0.359 e. The van der Waals surface area contributed by atoms with Crippen LogP contribution >= 0.6 is 0 Å². The van der Waals surface area contributed by atoms with E-state index in [2.05, 4.69) is 15.7 Å². The summed E-state index contributed by atoms with van der Waals surface area (Å²) in [4.78, 5) is 25.7. The molecule has 0 aromatic carbocycles. The van der Waals surface area contributed by atoms with Crippen LogP contribution < -0.4 is 10.6 Å². The van der Waals surface area contributed by atoms with Crippen molar-refractivity contribution in [2.24, 2.45) is 13.0 Å². The van der Waals surface area contributed by atoms with Crippen molar-refractivity contribution in [1.82, 2.24) is 25.3 Å². The normalized spacial score (nSPS) is 20.0. The molecular weight excluding hydrogens is 270 g/mol. The lowest BCUT2D eigenvalue weighted by atomic mass is 9.97. The second-order valence-electron chi connectivity index (χ2n) is 5.52. The molecular formula is C14H23N5O2. The Labute approximate surface area is 124 Å². The number of nitrogens with zero attached hydrogens (tertiary/aromatic N) is 3. The lowest BCUT2D eigenvalue weighted by Crippen LogP contribution is -2.48. The van der Waals surface area contributed by atoms with Gasteiger partial charge in [0.15, 0.2) is 0 Å². The Morgan fingerprint density at radius 3 is 2.86 bits per heavy atom. The topological polar surface area (TPSA) is 79.3 Å². The molecule has 0 saturated carbocycles. The monoisotopic (exact) mass is 293 g/mol. The van der Waals surface area contributed by atoms with E-state index in [-0.39, 0.29) is 23.9 Å². The lowest BCUT2D eigenvalue weighted by Gasteiger charge is -2.32. The molecule has 116 valence electrons. The molecule has 2 heterocycles. The summed E-state index contributed by atoms with van der Waals surface area (Å²) in [6, 6.07) is -0.230. The van der Waals surface area contributed by atoms with Gasteiger partial charge in [-0.15, -0.1) is 0 Å². The molecule has 1 saturated heterocycles. The molecule has 1 aliphatic rings. The average molecular weight is 293 g/mol. The second kappa shape index (κ2) is 6.60. The molecule has 2 atom stereocenters. The van der Waals surface area contributed by atoms with Crippen molar-refractivity contribution in [3.05, 3.63) is 18.0 Å². The van der Waals surface area contributed by atoms with Crippen LogP contribution in [0.3, 0.4) is 0 Å². The summed E-state index contributed by atoms with van der Waals surface area (Å²) in [5, 5.41) is 9.72. The highest BCUT2D eigenvalue weighted by Gasteiger charge is 2.28. The number of piperidine rings is 1. The minimum Gasteiger partial charge on any atom is -0.359 e. The zero-order chi connectivity index (χ0) is 15.4. The first-order chi connectivity index (χ1) is 10.0. The first-order valence-electron chi connectivity index (χ1n) is 7.27. The Morgan fingerprint density at radius 1 is 1.48 bits per heavy atom. The Morgan fingerprint density at radius 2 is 2.24 bits per heavy atom. The van der Waals surface area contributed by atoms with E-state index in [0.29, 0.717) is 13.1 Å². The van der Waals surface area contributed by atoms with Gasteiger partial charge in [-0.25, -0.2) is 4.79 Å². The number of rotatable bonds is 3. The molecule has 3 amide bonds. The van der Waals surface area contributed by atoms with E-state index in [1.807, 2.05) is 20.2 Å². The van der Waals surface area contributed by atoms with Crippen LogP contribution in [0.5, 0.6) is 0 Å². The van der Waals surface area contributed by atoms with Crippen molar-refractivity contribution in [3.8, 4) is 0 Å². The van der Waals surface area contributed by atoms with Crippen molar-refractivity contribution in [3.63, 3.8) is 0 Å². The summed E-state index contributed by atoms with van der Waals surface area (Å²) in [7, 11) is 3.47.